The molecule has 0 aliphatic carbocycles. The van der Waals surface area contributed by atoms with Gasteiger partial charge in [-0.1, -0.05) is 33.0 Å². The van der Waals surface area contributed by atoms with Crippen LogP contribution in [0.2, 0.25) is 25.7 Å². The molecular weight excluding hydrogens is 234 g/mol. The van der Waals surface area contributed by atoms with E-state index < -0.39 is 17.5 Å². The molecule has 0 aromatic heterocycles. The SMILES string of the molecule is CCC[SiH](OCC)OCC.CN[Si](C)(C)C. The molecule has 0 aliphatic rings. The number of hydrogen-bond donors (Lipinski definition) is 1. The predicted octanol–water partition coefficient (Wildman–Crippen LogP) is 2.73. The summed E-state index contributed by atoms with van der Waals surface area (Å²) in [6.45, 7) is 14.6. The Morgan fingerprint density at radius 3 is 1.56 bits per heavy atom. The van der Waals surface area contributed by atoms with Crippen LogP contribution in [0.5, 0.6) is 0 Å². The van der Waals surface area contributed by atoms with Gasteiger partial charge in [0.25, 0.3) is 0 Å². The Bertz CT molecular complexity index is 126. The highest BCUT2D eigenvalue weighted by atomic mass is 28.3. The van der Waals surface area contributed by atoms with Crippen molar-refractivity contribution in [2.45, 2.75) is 52.9 Å². The minimum atomic E-state index is -1.23. The second kappa shape index (κ2) is 11.8. The Balaban J connectivity index is 0. The summed E-state index contributed by atoms with van der Waals surface area (Å²) in [5.74, 6) is 0. The van der Waals surface area contributed by atoms with E-state index in [4.69, 9.17) is 8.85 Å². The van der Waals surface area contributed by atoms with Crippen molar-refractivity contribution in [2.24, 2.45) is 0 Å². The smallest absolute Gasteiger partial charge is 0.321 e. The van der Waals surface area contributed by atoms with E-state index in [9.17, 15) is 0 Å². The number of nitrogens with one attached hydrogen (secondary N) is 1. The lowest BCUT2D eigenvalue weighted by molar-refractivity contribution is 0.213. The van der Waals surface area contributed by atoms with Gasteiger partial charge in [0.15, 0.2) is 0 Å². The van der Waals surface area contributed by atoms with Gasteiger partial charge >= 0.3 is 9.28 Å². The van der Waals surface area contributed by atoms with Crippen LogP contribution in [0.4, 0.5) is 0 Å². The lowest BCUT2D eigenvalue weighted by Gasteiger charge is -2.12. The quantitative estimate of drug-likeness (QED) is 0.718. The molecule has 0 heterocycles. The molecular formula is C11H31NO2Si2. The van der Waals surface area contributed by atoms with E-state index in [1.54, 1.807) is 0 Å². The van der Waals surface area contributed by atoms with Crippen LogP contribution >= 0.6 is 0 Å². The molecule has 0 atom stereocenters. The first-order valence-electron chi connectivity index (χ1n) is 6.33. The van der Waals surface area contributed by atoms with E-state index in [1.165, 1.54) is 6.42 Å². The Labute approximate surface area is 105 Å². The van der Waals surface area contributed by atoms with Crippen molar-refractivity contribution >= 4 is 17.5 Å². The second-order valence-electron chi connectivity index (χ2n) is 4.63. The first-order valence-corrected chi connectivity index (χ1v) is 11.6. The van der Waals surface area contributed by atoms with Gasteiger partial charge < -0.3 is 13.8 Å². The van der Waals surface area contributed by atoms with Crippen LogP contribution in [0.15, 0.2) is 0 Å². The lowest BCUT2D eigenvalue weighted by atomic mass is 10.6. The number of rotatable bonds is 7. The zero-order chi connectivity index (χ0) is 13.0. The summed E-state index contributed by atoms with van der Waals surface area (Å²) < 4.78 is 10.9. The molecule has 0 unspecified atom stereocenters. The monoisotopic (exact) mass is 265 g/mol. The molecule has 0 aliphatic heterocycles. The van der Waals surface area contributed by atoms with E-state index in [2.05, 4.69) is 31.5 Å². The van der Waals surface area contributed by atoms with E-state index in [-0.39, 0.29) is 0 Å². The van der Waals surface area contributed by atoms with Gasteiger partial charge in [0.05, 0.1) is 0 Å². The molecule has 0 saturated carbocycles. The molecule has 0 saturated heterocycles. The molecule has 0 amide bonds. The van der Waals surface area contributed by atoms with Crippen LogP contribution in [0.3, 0.4) is 0 Å². The minimum absolute atomic E-state index is 0.802. The van der Waals surface area contributed by atoms with Gasteiger partial charge in [-0.3, -0.25) is 0 Å². The van der Waals surface area contributed by atoms with Crippen LogP contribution in [-0.2, 0) is 8.85 Å². The summed E-state index contributed by atoms with van der Waals surface area (Å²) in [5, 5.41) is 0. The first-order chi connectivity index (χ1) is 7.41. The van der Waals surface area contributed by atoms with Crippen molar-refractivity contribution in [3.8, 4) is 0 Å². The lowest BCUT2D eigenvalue weighted by Crippen LogP contribution is -2.37. The fourth-order valence-corrected chi connectivity index (χ4v) is 2.47. The Morgan fingerprint density at radius 2 is 1.38 bits per heavy atom. The van der Waals surface area contributed by atoms with E-state index in [0.29, 0.717) is 0 Å². The van der Waals surface area contributed by atoms with E-state index in [0.717, 1.165) is 19.3 Å². The normalized spacial score (nSPS) is 11.2. The minimum Gasteiger partial charge on any atom is -0.397 e. The molecule has 16 heavy (non-hydrogen) atoms. The van der Waals surface area contributed by atoms with Crippen molar-refractivity contribution in [3.05, 3.63) is 0 Å². The predicted molar refractivity (Wildman–Crippen MR) is 77.9 cm³/mol. The summed E-state index contributed by atoms with van der Waals surface area (Å²) in [6, 6.07) is 1.14. The number of hydrogen-bond acceptors (Lipinski definition) is 3. The molecule has 0 spiro atoms. The zero-order valence-corrected chi connectivity index (χ0v) is 14.4. The van der Waals surface area contributed by atoms with Gasteiger partial charge in [-0.05, 0) is 26.9 Å². The summed E-state index contributed by atoms with van der Waals surface area (Å²) >= 11 is 0. The molecule has 3 nitrogen and oxygen atoms in total. The maximum atomic E-state index is 5.44. The van der Waals surface area contributed by atoms with E-state index >= 15 is 0 Å². The van der Waals surface area contributed by atoms with Gasteiger partial charge in [0.1, 0.15) is 8.24 Å². The molecule has 1 N–H and O–H groups in total. The molecule has 0 fully saturated rings. The average molecular weight is 266 g/mol. The highest BCUT2D eigenvalue weighted by molar-refractivity contribution is 6.73. The molecule has 0 bridgehead atoms. The highest BCUT2D eigenvalue weighted by Gasteiger charge is 2.08. The van der Waals surface area contributed by atoms with Crippen molar-refractivity contribution in [2.75, 3.05) is 20.3 Å². The van der Waals surface area contributed by atoms with Crippen molar-refractivity contribution in [1.82, 2.24) is 4.98 Å². The fourth-order valence-electron chi connectivity index (χ4n) is 0.822. The van der Waals surface area contributed by atoms with Crippen LogP contribution in [0.1, 0.15) is 27.2 Å². The molecule has 0 aromatic carbocycles. The van der Waals surface area contributed by atoms with Crippen LogP contribution < -0.4 is 4.98 Å². The van der Waals surface area contributed by atoms with Gasteiger partial charge in [-0.2, -0.15) is 0 Å². The Kier molecular flexibility index (Phi) is 13.8. The van der Waals surface area contributed by atoms with Gasteiger partial charge in [-0.15, -0.1) is 0 Å². The summed E-state index contributed by atoms with van der Waals surface area (Å²) in [5.41, 5.74) is 0. The fraction of sp³-hybridized carbons (Fsp3) is 1.00. The van der Waals surface area contributed by atoms with Crippen LogP contribution in [0.25, 0.3) is 0 Å². The molecule has 0 aromatic rings. The van der Waals surface area contributed by atoms with Gasteiger partial charge in [0, 0.05) is 13.2 Å². The largest absolute Gasteiger partial charge is 0.397 e. The van der Waals surface area contributed by atoms with Crippen LogP contribution in [-0.4, -0.2) is 37.8 Å². The summed E-state index contributed by atoms with van der Waals surface area (Å²) in [4.78, 5) is 3.24. The zero-order valence-electron chi connectivity index (χ0n) is 12.2. The standard InChI is InChI=1S/C7H18O2Si.C4H13NSi/c1-4-7-10(8-5-2)9-6-3;1-5-6(2,3)4/h10H,4-7H2,1-3H3;5H,1-4H3. The maximum Gasteiger partial charge on any atom is 0.321 e. The first kappa shape index (κ1) is 18.7. The molecule has 0 rings (SSSR count). The van der Waals surface area contributed by atoms with E-state index in [1.807, 2.05) is 20.9 Å². The Morgan fingerprint density at radius 1 is 1.00 bits per heavy atom. The van der Waals surface area contributed by atoms with Gasteiger partial charge in [-0.25, -0.2) is 0 Å². The van der Waals surface area contributed by atoms with Crippen molar-refractivity contribution in [3.63, 3.8) is 0 Å². The van der Waals surface area contributed by atoms with Crippen molar-refractivity contribution in [1.29, 1.82) is 0 Å². The third-order valence-corrected chi connectivity index (χ3v) is 5.94. The third kappa shape index (κ3) is 16.7. The maximum absolute atomic E-state index is 5.44. The van der Waals surface area contributed by atoms with Crippen molar-refractivity contribution < 1.29 is 8.85 Å². The third-order valence-electron chi connectivity index (χ3n) is 1.98. The summed E-state index contributed by atoms with van der Waals surface area (Å²) in [7, 11) is -0.0949. The molecule has 5 heteroatoms. The van der Waals surface area contributed by atoms with Crippen LogP contribution in [0, 0.1) is 0 Å². The second-order valence-corrected chi connectivity index (χ2v) is 11.7. The highest BCUT2D eigenvalue weighted by Crippen LogP contribution is 1.99. The Hall–Kier alpha value is 0.314. The molecule has 100 valence electrons. The van der Waals surface area contributed by atoms with Gasteiger partial charge in [0.2, 0.25) is 0 Å². The topological polar surface area (TPSA) is 30.5 Å². The average Bonchev–Trinajstić information content (AvgIpc) is 2.19. The molecule has 0 radical (unpaired) electrons. The summed E-state index contributed by atoms with van der Waals surface area (Å²) in [6.07, 6.45) is 1.18.